The fourth-order valence-electron chi connectivity index (χ4n) is 3.90. The van der Waals surface area contributed by atoms with Crippen molar-refractivity contribution in [3.8, 4) is 0 Å². The summed E-state index contributed by atoms with van der Waals surface area (Å²) in [4.78, 5) is 21.5. The average Bonchev–Trinajstić information content (AvgIpc) is 3.07. The number of guanidine groups is 1. The van der Waals surface area contributed by atoms with Crippen molar-refractivity contribution < 1.29 is 9.53 Å². The van der Waals surface area contributed by atoms with Crippen LogP contribution in [0.5, 0.6) is 0 Å². The lowest BCUT2D eigenvalue weighted by Gasteiger charge is -2.41. The number of halogens is 1. The third kappa shape index (κ3) is 6.05. The molecule has 1 unspecified atom stereocenters. The van der Waals surface area contributed by atoms with E-state index in [9.17, 15) is 4.79 Å². The lowest BCUT2D eigenvalue weighted by Crippen LogP contribution is -2.52. The SMILES string of the molecule is CCNC(=NCC1(N(C)C)CCOCC1)NC1CC(=O)N(c2ccccc2)C1.I. The number of aliphatic imine (C=N–C) groups is 1. The van der Waals surface area contributed by atoms with Gasteiger partial charge in [-0.25, -0.2) is 0 Å². The van der Waals surface area contributed by atoms with Gasteiger partial charge < -0.3 is 25.2 Å². The Bertz CT molecular complexity index is 677. The molecule has 2 saturated heterocycles. The molecule has 0 aromatic heterocycles. The number of para-hydroxylation sites is 1. The van der Waals surface area contributed by atoms with Crippen LogP contribution >= 0.6 is 24.0 Å². The van der Waals surface area contributed by atoms with Gasteiger partial charge in [-0.2, -0.15) is 0 Å². The first kappa shape index (κ1) is 23.9. The molecule has 2 aliphatic heterocycles. The number of ether oxygens (including phenoxy) is 1. The topological polar surface area (TPSA) is 69.2 Å². The van der Waals surface area contributed by atoms with Crippen LogP contribution in [0.4, 0.5) is 5.69 Å². The summed E-state index contributed by atoms with van der Waals surface area (Å²) in [7, 11) is 4.24. The van der Waals surface area contributed by atoms with Crippen LogP contribution in [0.25, 0.3) is 0 Å². The van der Waals surface area contributed by atoms with E-state index >= 15 is 0 Å². The first-order valence-corrected chi connectivity index (χ1v) is 10.2. The molecule has 7 nitrogen and oxygen atoms in total. The van der Waals surface area contributed by atoms with Gasteiger partial charge in [0.1, 0.15) is 0 Å². The number of benzene rings is 1. The van der Waals surface area contributed by atoms with E-state index in [-0.39, 0.29) is 41.5 Å². The van der Waals surface area contributed by atoms with Gasteiger partial charge >= 0.3 is 0 Å². The molecule has 0 radical (unpaired) electrons. The highest BCUT2D eigenvalue weighted by Crippen LogP contribution is 2.26. The summed E-state index contributed by atoms with van der Waals surface area (Å²) in [5.74, 6) is 0.927. The predicted octanol–water partition coefficient (Wildman–Crippen LogP) is 2.08. The molecule has 2 fully saturated rings. The molecule has 162 valence electrons. The smallest absolute Gasteiger partial charge is 0.229 e. The molecule has 0 bridgehead atoms. The van der Waals surface area contributed by atoms with Crippen molar-refractivity contribution in [1.29, 1.82) is 0 Å². The number of hydrogen-bond acceptors (Lipinski definition) is 4. The Hall–Kier alpha value is -1.39. The van der Waals surface area contributed by atoms with Crippen molar-refractivity contribution >= 4 is 41.5 Å². The molecule has 3 rings (SSSR count). The first-order chi connectivity index (χ1) is 13.5. The Morgan fingerprint density at radius 2 is 1.97 bits per heavy atom. The molecule has 8 heteroatoms. The fourth-order valence-corrected chi connectivity index (χ4v) is 3.90. The maximum Gasteiger partial charge on any atom is 0.229 e. The van der Waals surface area contributed by atoms with Crippen molar-refractivity contribution in [2.75, 3.05) is 51.8 Å². The van der Waals surface area contributed by atoms with E-state index in [0.29, 0.717) is 19.5 Å². The van der Waals surface area contributed by atoms with Crippen LogP contribution in [0.2, 0.25) is 0 Å². The van der Waals surface area contributed by atoms with Gasteiger partial charge in [0.25, 0.3) is 0 Å². The zero-order valence-corrected chi connectivity index (χ0v) is 20.0. The van der Waals surface area contributed by atoms with Crippen molar-refractivity contribution in [3.05, 3.63) is 30.3 Å². The van der Waals surface area contributed by atoms with Gasteiger partial charge in [-0.3, -0.25) is 9.79 Å². The molecule has 0 spiro atoms. The molecular weight excluding hydrogens is 481 g/mol. The van der Waals surface area contributed by atoms with E-state index < -0.39 is 0 Å². The lowest BCUT2D eigenvalue weighted by molar-refractivity contribution is -0.117. The molecule has 0 saturated carbocycles. The monoisotopic (exact) mass is 515 g/mol. The van der Waals surface area contributed by atoms with Crippen molar-refractivity contribution in [2.24, 2.45) is 4.99 Å². The summed E-state index contributed by atoms with van der Waals surface area (Å²) in [6.07, 6.45) is 2.44. The average molecular weight is 515 g/mol. The lowest BCUT2D eigenvalue weighted by atomic mass is 9.89. The third-order valence-corrected chi connectivity index (χ3v) is 5.78. The summed E-state index contributed by atoms with van der Waals surface area (Å²) in [6, 6.07) is 9.90. The number of hydrogen-bond donors (Lipinski definition) is 2. The summed E-state index contributed by atoms with van der Waals surface area (Å²) >= 11 is 0. The summed E-state index contributed by atoms with van der Waals surface area (Å²) in [6.45, 7) is 5.76. The zero-order chi connectivity index (χ0) is 20.0. The Kier molecular flexibility index (Phi) is 9.16. The quantitative estimate of drug-likeness (QED) is 0.345. The number of carbonyl (C=O) groups is 1. The maximum atomic E-state index is 12.5. The number of nitrogens with one attached hydrogen (secondary N) is 2. The van der Waals surface area contributed by atoms with E-state index in [4.69, 9.17) is 9.73 Å². The number of amides is 1. The van der Waals surface area contributed by atoms with Crippen LogP contribution in [0.3, 0.4) is 0 Å². The number of carbonyl (C=O) groups excluding carboxylic acids is 1. The van der Waals surface area contributed by atoms with E-state index in [1.807, 2.05) is 35.2 Å². The van der Waals surface area contributed by atoms with Gasteiger partial charge in [-0.05, 0) is 46.0 Å². The van der Waals surface area contributed by atoms with Crippen LogP contribution in [0, 0.1) is 0 Å². The van der Waals surface area contributed by atoms with Crippen molar-refractivity contribution in [3.63, 3.8) is 0 Å². The number of rotatable bonds is 6. The molecule has 29 heavy (non-hydrogen) atoms. The largest absolute Gasteiger partial charge is 0.381 e. The van der Waals surface area contributed by atoms with Crippen molar-refractivity contribution in [1.82, 2.24) is 15.5 Å². The fraction of sp³-hybridized carbons (Fsp3) is 0.619. The molecule has 1 aromatic carbocycles. The van der Waals surface area contributed by atoms with Gasteiger partial charge in [0, 0.05) is 44.0 Å². The molecular formula is C21H34IN5O2. The molecule has 2 aliphatic rings. The number of nitrogens with zero attached hydrogens (tertiary/aromatic N) is 3. The second-order valence-electron chi connectivity index (χ2n) is 7.81. The summed E-state index contributed by atoms with van der Waals surface area (Å²) < 4.78 is 5.55. The molecule has 1 atom stereocenters. The van der Waals surface area contributed by atoms with Gasteiger partial charge in [0.05, 0.1) is 12.6 Å². The summed E-state index contributed by atoms with van der Waals surface area (Å²) in [5, 5.41) is 6.80. The Morgan fingerprint density at radius 3 is 2.59 bits per heavy atom. The van der Waals surface area contributed by atoms with Gasteiger partial charge in [0.2, 0.25) is 5.91 Å². The summed E-state index contributed by atoms with van der Waals surface area (Å²) in [5.41, 5.74) is 0.981. The van der Waals surface area contributed by atoms with Crippen LogP contribution < -0.4 is 15.5 Å². The van der Waals surface area contributed by atoms with Crippen LogP contribution in [0.15, 0.2) is 35.3 Å². The highest BCUT2D eigenvalue weighted by atomic mass is 127. The molecule has 0 aliphatic carbocycles. The minimum Gasteiger partial charge on any atom is -0.381 e. The molecule has 2 heterocycles. The van der Waals surface area contributed by atoms with Gasteiger partial charge in [0.15, 0.2) is 5.96 Å². The Labute approximate surface area is 191 Å². The minimum atomic E-state index is 0. The first-order valence-electron chi connectivity index (χ1n) is 10.2. The molecule has 2 N–H and O–H groups in total. The van der Waals surface area contributed by atoms with E-state index in [2.05, 4.69) is 36.6 Å². The van der Waals surface area contributed by atoms with E-state index in [1.54, 1.807) is 0 Å². The van der Waals surface area contributed by atoms with E-state index in [0.717, 1.165) is 44.2 Å². The Morgan fingerprint density at radius 1 is 1.28 bits per heavy atom. The van der Waals surface area contributed by atoms with E-state index in [1.165, 1.54) is 0 Å². The normalized spacial score (nSPS) is 21.8. The van der Waals surface area contributed by atoms with Crippen LogP contribution in [-0.4, -0.2) is 75.3 Å². The predicted molar refractivity (Wildman–Crippen MR) is 128 cm³/mol. The Balaban J connectivity index is 0.00000300. The third-order valence-electron chi connectivity index (χ3n) is 5.78. The molecule has 1 aromatic rings. The van der Waals surface area contributed by atoms with Crippen LogP contribution in [0.1, 0.15) is 26.2 Å². The van der Waals surface area contributed by atoms with Gasteiger partial charge in [-0.15, -0.1) is 24.0 Å². The maximum absolute atomic E-state index is 12.5. The number of likely N-dealkylation sites (N-methyl/N-ethyl adjacent to an activating group) is 1. The zero-order valence-electron chi connectivity index (χ0n) is 17.7. The minimum absolute atomic E-state index is 0. The standard InChI is InChI=1S/C21H33N5O2.HI/c1-4-22-20(23-16-21(25(2)3)10-12-28-13-11-21)24-17-14-19(27)26(15-17)18-8-6-5-7-9-18;/h5-9,17H,4,10-16H2,1-3H3,(H2,22,23,24);1H. The second kappa shape index (κ2) is 11.1. The number of anilines is 1. The van der Waals surface area contributed by atoms with Crippen LogP contribution in [-0.2, 0) is 9.53 Å². The molecule has 1 amide bonds. The second-order valence-corrected chi connectivity index (χ2v) is 7.81. The highest BCUT2D eigenvalue weighted by molar-refractivity contribution is 14.0. The van der Waals surface area contributed by atoms with Gasteiger partial charge in [-0.1, -0.05) is 18.2 Å². The van der Waals surface area contributed by atoms with Crippen molar-refractivity contribution in [2.45, 2.75) is 37.8 Å². The highest BCUT2D eigenvalue weighted by Gasteiger charge is 2.35.